The molecule has 5 rings (SSSR count). The molecule has 1 aliphatic carbocycles. The standard InChI is InChI=1S/C24H26N4O/c25-14-19-15-27(16-21(19)17-7-3-1-4-8-17)24(29)23-13-22(18-11-12-18)26-28(23)20-9-5-2-6-10-20/h1-10,13,18-19,21H,11-12,14-16,25H2/t19-,21+/m1/s1. The van der Waals surface area contributed by atoms with E-state index in [0.717, 1.165) is 24.2 Å². The van der Waals surface area contributed by atoms with E-state index >= 15 is 0 Å². The summed E-state index contributed by atoms with van der Waals surface area (Å²) >= 11 is 0. The Kier molecular flexibility index (Phi) is 4.68. The summed E-state index contributed by atoms with van der Waals surface area (Å²) in [7, 11) is 0. The van der Waals surface area contributed by atoms with E-state index in [1.165, 1.54) is 5.56 Å². The van der Waals surface area contributed by atoms with Crippen LogP contribution in [-0.2, 0) is 0 Å². The lowest BCUT2D eigenvalue weighted by atomic mass is 9.89. The molecule has 0 bridgehead atoms. The topological polar surface area (TPSA) is 64.2 Å². The number of hydrogen-bond acceptors (Lipinski definition) is 3. The summed E-state index contributed by atoms with van der Waals surface area (Å²) in [5, 5.41) is 4.80. The van der Waals surface area contributed by atoms with E-state index in [0.29, 0.717) is 31.2 Å². The Bertz CT molecular complexity index is 994. The van der Waals surface area contributed by atoms with Crippen molar-refractivity contribution in [1.29, 1.82) is 0 Å². The normalized spacial score (nSPS) is 21.5. The van der Waals surface area contributed by atoms with Crippen LogP contribution in [0.4, 0.5) is 0 Å². The van der Waals surface area contributed by atoms with Crippen molar-refractivity contribution in [2.24, 2.45) is 11.7 Å². The molecule has 1 saturated carbocycles. The van der Waals surface area contributed by atoms with Gasteiger partial charge in [0.05, 0.1) is 11.4 Å². The van der Waals surface area contributed by atoms with Crippen LogP contribution in [0.2, 0.25) is 0 Å². The van der Waals surface area contributed by atoms with Gasteiger partial charge in [0.25, 0.3) is 5.91 Å². The summed E-state index contributed by atoms with van der Waals surface area (Å²) in [5.74, 6) is 1.10. The van der Waals surface area contributed by atoms with Gasteiger partial charge in [-0.2, -0.15) is 5.10 Å². The molecule has 2 atom stereocenters. The summed E-state index contributed by atoms with van der Waals surface area (Å²) in [6, 6.07) is 22.4. The molecule has 2 aromatic carbocycles. The molecule has 5 nitrogen and oxygen atoms in total. The first-order chi connectivity index (χ1) is 14.2. The van der Waals surface area contributed by atoms with Crippen LogP contribution in [-0.4, -0.2) is 40.2 Å². The zero-order chi connectivity index (χ0) is 19.8. The molecule has 29 heavy (non-hydrogen) atoms. The second kappa shape index (κ2) is 7.48. The molecule has 2 aliphatic rings. The molecule has 0 unspecified atom stereocenters. The molecule has 0 spiro atoms. The van der Waals surface area contributed by atoms with Crippen LogP contribution >= 0.6 is 0 Å². The van der Waals surface area contributed by atoms with Crippen LogP contribution in [0.1, 0.15) is 46.4 Å². The first kappa shape index (κ1) is 18.1. The number of amides is 1. The van der Waals surface area contributed by atoms with E-state index < -0.39 is 0 Å². The Morgan fingerprint density at radius 1 is 1.00 bits per heavy atom. The minimum absolute atomic E-state index is 0.0464. The van der Waals surface area contributed by atoms with Gasteiger partial charge < -0.3 is 10.6 Å². The lowest BCUT2D eigenvalue weighted by Crippen LogP contribution is -2.31. The lowest BCUT2D eigenvalue weighted by molar-refractivity contribution is 0.0777. The Morgan fingerprint density at radius 2 is 1.69 bits per heavy atom. The highest BCUT2D eigenvalue weighted by atomic mass is 16.2. The Morgan fingerprint density at radius 3 is 2.34 bits per heavy atom. The molecule has 5 heteroatoms. The van der Waals surface area contributed by atoms with Crippen molar-refractivity contribution in [2.75, 3.05) is 19.6 Å². The SMILES string of the molecule is NC[C@@H]1CN(C(=O)c2cc(C3CC3)nn2-c2ccccc2)C[C@H]1c1ccccc1. The second-order valence-electron chi connectivity index (χ2n) is 8.20. The monoisotopic (exact) mass is 386 g/mol. The van der Waals surface area contributed by atoms with Gasteiger partial charge >= 0.3 is 0 Å². The maximum atomic E-state index is 13.6. The molecule has 1 aromatic heterocycles. The van der Waals surface area contributed by atoms with Gasteiger partial charge in [-0.3, -0.25) is 4.79 Å². The summed E-state index contributed by atoms with van der Waals surface area (Å²) in [6.45, 7) is 1.96. The number of aromatic nitrogens is 2. The summed E-state index contributed by atoms with van der Waals surface area (Å²) < 4.78 is 1.82. The average molecular weight is 386 g/mol. The van der Waals surface area contributed by atoms with Crippen molar-refractivity contribution in [3.63, 3.8) is 0 Å². The highest BCUT2D eigenvalue weighted by Gasteiger charge is 2.37. The minimum atomic E-state index is 0.0464. The van der Waals surface area contributed by atoms with Crippen molar-refractivity contribution >= 4 is 5.91 Å². The van der Waals surface area contributed by atoms with Crippen LogP contribution in [0.15, 0.2) is 66.7 Å². The molecular formula is C24H26N4O. The highest BCUT2D eigenvalue weighted by Crippen LogP contribution is 2.40. The molecular weight excluding hydrogens is 360 g/mol. The van der Waals surface area contributed by atoms with E-state index in [1.807, 2.05) is 52.0 Å². The maximum Gasteiger partial charge on any atom is 0.272 e. The second-order valence-corrected chi connectivity index (χ2v) is 8.20. The Balaban J connectivity index is 1.46. The first-order valence-electron chi connectivity index (χ1n) is 10.4. The molecule has 2 N–H and O–H groups in total. The first-order valence-corrected chi connectivity index (χ1v) is 10.4. The smallest absolute Gasteiger partial charge is 0.272 e. The van der Waals surface area contributed by atoms with Crippen LogP contribution < -0.4 is 5.73 Å². The van der Waals surface area contributed by atoms with E-state index in [4.69, 9.17) is 10.8 Å². The van der Waals surface area contributed by atoms with Gasteiger partial charge in [0.15, 0.2) is 0 Å². The molecule has 1 aliphatic heterocycles. The van der Waals surface area contributed by atoms with Crippen molar-refractivity contribution in [3.8, 4) is 5.69 Å². The lowest BCUT2D eigenvalue weighted by Gasteiger charge is -2.17. The van der Waals surface area contributed by atoms with Gasteiger partial charge in [0.2, 0.25) is 0 Å². The number of hydrogen-bond donors (Lipinski definition) is 1. The Labute approximate surface area is 171 Å². The molecule has 1 saturated heterocycles. The largest absolute Gasteiger partial charge is 0.336 e. The predicted octanol–water partition coefficient (Wildman–Crippen LogP) is 3.56. The Hall–Kier alpha value is -2.92. The third kappa shape index (κ3) is 3.47. The van der Waals surface area contributed by atoms with Crippen molar-refractivity contribution in [3.05, 3.63) is 83.7 Å². The summed E-state index contributed by atoms with van der Waals surface area (Å²) in [5.41, 5.74) is 9.95. The number of carbonyl (C=O) groups is 1. The summed E-state index contributed by atoms with van der Waals surface area (Å²) in [6.07, 6.45) is 2.32. The van der Waals surface area contributed by atoms with Crippen molar-refractivity contribution in [2.45, 2.75) is 24.7 Å². The fourth-order valence-electron chi connectivity index (χ4n) is 4.41. The summed E-state index contributed by atoms with van der Waals surface area (Å²) in [4.78, 5) is 15.5. The minimum Gasteiger partial charge on any atom is -0.336 e. The zero-order valence-electron chi connectivity index (χ0n) is 16.4. The predicted molar refractivity (Wildman–Crippen MR) is 113 cm³/mol. The number of benzene rings is 2. The van der Waals surface area contributed by atoms with Crippen LogP contribution in [0, 0.1) is 5.92 Å². The molecule has 2 heterocycles. The zero-order valence-corrected chi connectivity index (χ0v) is 16.4. The van der Waals surface area contributed by atoms with Crippen LogP contribution in [0.3, 0.4) is 0 Å². The van der Waals surface area contributed by atoms with Crippen LogP contribution in [0.25, 0.3) is 5.69 Å². The van der Waals surface area contributed by atoms with Gasteiger partial charge in [0.1, 0.15) is 5.69 Å². The van der Waals surface area contributed by atoms with Gasteiger partial charge in [-0.15, -0.1) is 0 Å². The maximum absolute atomic E-state index is 13.6. The van der Waals surface area contributed by atoms with Gasteiger partial charge in [-0.1, -0.05) is 48.5 Å². The average Bonchev–Trinajstić information content (AvgIpc) is 3.38. The molecule has 1 amide bonds. The number of nitrogens with zero attached hydrogens (tertiary/aromatic N) is 3. The van der Waals surface area contributed by atoms with Crippen molar-refractivity contribution < 1.29 is 4.79 Å². The number of rotatable bonds is 5. The van der Waals surface area contributed by atoms with Gasteiger partial charge in [-0.25, -0.2) is 4.68 Å². The molecule has 148 valence electrons. The third-order valence-corrected chi connectivity index (χ3v) is 6.20. The van der Waals surface area contributed by atoms with E-state index in [1.54, 1.807) is 0 Å². The molecule has 0 radical (unpaired) electrons. The van der Waals surface area contributed by atoms with E-state index in [2.05, 4.69) is 24.3 Å². The van der Waals surface area contributed by atoms with E-state index in [9.17, 15) is 4.79 Å². The van der Waals surface area contributed by atoms with Crippen LogP contribution in [0.5, 0.6) is 0 Å². The van der Waals surface area contributed by atoms with Gasteiger partial charge in [0, 0.05) is 24.9 Å². The number of para-hydroxylation sites is 1. The quantitative estimate of drug-likeness (QED) is 0.729. The van der Waals surface area contributed by atoms with E-state index in [-0.39, 0.29) is 17.7 Å². The molecule has 3 aromatic rings. The van der Waals surface area contributed by atoms with Crippen molar-refractivity contribution in [1.82, 2.24) is 14.7 Å². The highest BCUT2D eigenvalue weighted by molar-refractivity contribution is 5.93. The fraction of sp³-hybridized carbons (Fsp3) is 0.333. The number of nitrogens with two attached hydrogens (primary N) is 1. The fourth-order valence-corrected chi connectivity index (χ4v) is 4.41. The van der Waals surface area contributed by atoms with Gasteiger partial charge in [-0.05, 0) is 49.1 Å². The number of likely N-dealkylation sites (tertiary alicyclic amines) is 1. The number of carbonyl (C=O) groups excluding carboxylic acids is 1. The third-order valence-electron chi connectivity index (χ3n) is 6.20. The molecule has 2 fully saturated rings.